The largest absolute Gasteiger partial charge is 0.461 e. The quantitative estimate of drug-likeness (QED) is 0.253. The Labute approximate surface area is 256 Å². The highest BCUT2D eigenvalue weighted by Crippen LogP contribution is 2.72. The molecule has 3 heterocycles. The van der Waals surface area contributed by atoms with Crippen molar-refractivity contribution in [3.63, 3.8) is 0 Å². The zero-order chi connectivity index (χ0) is 30.4. The predicted molar refractivity (Wildman–Crippen MR) is 169 cm³/mol. The second kappa shape index (κ2) is 11.3. The number of rotatable bonds is 10. The number of benzene rings is 3. The van der Waals surface area contributed by atoms with Crippen molar-refractivity contribution in [1.82, 2.24) is 4.90 Å². The van der Waals surface area contributed by atoms with Gasteiger partial charge in [-0.1, -0.05) is 79.4 Å². The maximum absolute atomic E-state index is 15.0. The number of carbonyl (C=O) groups excluding carboxylic acids is 3. The standard InChI is InChI=1S/C35H36N2O5S/c1-4-19-36(26-16-15-23-11-9-10-14-25(23)21-26)32(40)30-35-18-17-34(3,43-35)29(33(41)42-20-5-2)28(35)31(39)37(30)27(22-38)24-12-7-6-8-13-24/h4-16,21,27-30,38H,1-2,17-20,22H2,3H3/t27-,28+,29+,30?,34-,35?/m1/s1. The fraction of sp³-hybridized carbons (Fsp3) is 0.343. The van der Waals surface area contributed by atoms with Gasteiger partial charge < -0.3 is 19.6 Å². The van der Waals surface area contributed by atoms with Gasteiger partial charge >= 0.3 is 5.97 Å². The van der Waals surface area contributed by atoms with Gasteiger partial charge in [-0.3, -0.25) is 14.4 Å². The Morgan fingerprint density at radius 2 is 1.79 bits per heavy atom. The van der Waals surface area contributed by atoms with Gasteiger partial charge in [0.05, 0.1) is 29.2 Å². The first-order chi connectivity index (χ1) is 20.8. The topological polar surface area (TPSA) is 87.1 Å². The number of esters is 1. The lowest BCUT2D eigenvalue weighted by Crippen LogP contribution is -2.56. The van der Waals surface area contributed by atoms with Crippen molar-refractivity contribution in [3.8, 4) is 0 Å². The van der Waals surface area contributed by atoms with Gasteiger partial charge in [0.2, 0.25) is 5.91 Å². The van der Waals surface area contributed by atoms with Crippen LogP contribution in [0.25, 0.3) is 10.8 Å². The van der Waals surface area contributed by atoms with Crippen LogP contribution in [0.2, 0.25) is 0 Å². The Balaban J connectivity index is 1.49. The number of nitrogens with zero attached hydrogens (tertiary/aromatic N) is 2. The molecule has 2 amide bonds. The zero-order valence-corrected chi connectivity index (χ0v) is 25.0. The second-order valence-corrected chi connectivity index (χ2v) is 13.7. The first-order valence-electron chi connectivity index (χ1n) is 14.7. The molecular weight excluding hydrogens is 560 g/mol. The number of aliphatic hydroxyl groups excluding tert-OH is 1. The van der Waals surface area contributed by atoms with Gasteiger partial charge in [0.15, 0.2) is 0 Å². The molecule has 7 nitrogen and oxygen atoms in total. The summed E-state index contributed by atoms with van der Waals surface area (Å²) in [6, 6.07) is 21.4. The summed E-state index contributed by atoms with van der Waals surface area (Å²) in [4.78, 5) is 46.5. The number of thioether (sulfide) groups is 1. The molecule has 6 atom stereocenters. The van der Waals surface area contributed by atoms with Crippen molar-refractivity contribution in [1.29, 1.82) is 0 Å². The molecule has 2 unspecified atom stereocenters. The molecule has 6 rings (SSSR count). The fourth-order valence-electron chi connectivity index (χ4n) is 7.54. The van der Waals surface area contributed by atoms with E-state index in [1.165, 1.54) is 6.08 Å². The van der Waals surface area contributed by atoms with E-state index >= 15 is 4.79 Å². The van der Waals surface area contributed by atoms with Gasteiger partial charge in [-0.25, -0.2) is 0 Å². The van der Waals surface area contributed by atoms with Gasteiger partial charge in [0.1, 0.15) is 12.6 Å². The van der Waals surface area contributed by atoms with Crippen molar-refractivity contribution < 1.29 is 24.2 Å². The van der Waals surface area contributed by atoms with Gasteiger partial charge in [-0.2, -0.15) is 0 Å². The highest BCUT2D eigenvalue weighted by Gasteiger charge is 2.78. The molecule has 0 aliphatic carbocycles. The van der Waals surface area contributed by atoms with E-state index < -0.39 is 39.4 Å². The number of aliphatic hydroxyl groups is 1. The number of amides is 2. The first-order valence-corrected chi connectivity index (χ1v) is 15.5. The molecule has 8 heteroatoms. The van der Waals surface area contributed by atoms with Crippen LogP contribution in [0.15, 0.2) is 98.1 Å². The van der Waals surface area contributed by atoms with Gasteiger partial charge in [0, 0.05) is 17.0 Å². The minimum absolute atomic E-state index is 0.0500. The SMILES string of the molecule is C=CCOC(=O)[C@@H]1[C@H]2C(=O)N([C@H](CO)c3ccccc3)C(C(=O)N(CC=C)c3ccc4ccccc4c3)C23CC[C@@]1(C)S3. The third kappa shape index (κ3) is 4.59. The minimum Gasteiger partial charge on any atom is -0.461 e. The summed E-state index contributed by atoms with van der Waals surface area (Å²) in [6.45, 7) is 9.51. The molecule has 2 bridgehead atoms. The molecule has 3 saturated heterocycles. The summed E-state index contributed by atoms with van der Waals surface area (Å²) in [5.41, 5.74) is 1.42. The zero-order valence-electron chi connectivity index (χ0n) is 24.2. The maximum atomic E-state index is 15.0. The Morgan fingerprint density at radius 3 is 2.49 bits per heavy atom. The van der Waals surface area contributed by atoms with Gasteiger partial charge in [0.25, 0.3) is 5.91 Å². The average molecular weight is 597 g/mol. The van der Waals surface area contributed by atoms with E-state index in [1.54, 1.807) is 27.6 Å². The lowest BCUT2D eigenvalue weighted by Gasteiger charge is -2.39. The molecule has 1 N–H and O–H groups in total. The van der Waals surface area contributed by atoms with Crippen molar-refractivity contribution in [3.05, 3.63) is 104 Å². The summed E-state index contributed by atoms with van der Waals surface area (Å²) >= 11 is 1.58. The Kier molecular flexibility index (Phi) is 7.69. The van der Waals surface area contributed by atoms with Crippen LogP contribution >= 0.6 is 11.8 Å². The minimum atomic E-state index is -0.919. The molecule has 3 aromatic rings. The van der Waals surface area contributed by atoms with E-state index in [1.807, 2.05) is 79.7 Å². The van der Waals surface area contributed by atoms with E-state index in [0.29, 0.717) is 18.5 Å². The molecule has 3 fully saturated rings. The van der Waals surface area contributed by atoms with Crippen LogP contribution < -0.4 is 4.90 Å². The number of hydrogen-bond donors (Lipinski definition) is 1. The predicted octanol–water partition coefficient (Wildman–Crippen LogP) is 5.30. The van der Waals surface area contributed by atoms with Crippen LogP contribution in [0.4, 0.5) is 5.69 Å². The van der Waals surface area contributed by atoms with Crippen LogP contribution in [0, 0.1) is 11.8 Å². The molecular formula is C35H36N2O5S. The molecule has 0 saturated carbocycles. The normalized spacial score (nSPS) is 28.0. The smallest absolute Gasteiger partial charge is 0.311 e. The molecule has 0 aromatic heterocycles. The average Bonchev–Trinajstić information content (AvgIpc) is 3.60. The maximum Gasteiger partial charge on any atom is 0.311 e. The molecule has 43 heavy (non-hydrogen) atoms. The second-order valence-electron chi connectivity index (χ2n) is 11.8. The van der Waals surface area contributed by atoms with Gasteiger partial charge in [-0.05, 0) is 48.2 Å². The number of anilines is 1. The fourth-order valence-corrected chi connectivity index (χ4v) is 9.87. The molecule has 3 aliphatic heterocycles. The third-order valence-electron chi connectivity index (χ3n) is 9.36. The van der Waals surface area contributed by atoms with Crippen molar-refractivity contribution >= 4 is 46.0 Å². The third-order valence-corrected chi connectivity index (χ3v) is 11.3. The lowest BCUT2D eigenvalue weighted by atomic mass is 9.66. The van der Waals surface area contributed by atoms with Crippen LogP contribution in [0.3, 0.4) is 0 Å². The summed E-state index contributed by atoms with van der Waals surface area (Å²) < 4.78 is 4.13. The molecule has 3 aliphatic rings. The van der Waals surface area contributed by atoms with Crippen molar-refractivity contribution in [2.24, 2.45) is 11.8 Å². The van der Waals surface area contributed by atoms with Crippen LogP contribution in [-0.2, 0) is 19.1 Å². The van der Waals surface area contributed by atoms with Crippen LogP contribution in [0.5, 0.6) is 0 Å². The molecule has 222 valence electrons. The van der Waals surface area contributed by atoms with E-state index in [4.69, 9.17) is 4.74 Å². The summed E-state index contributed by atoms with van der Waals surface area (Å²) in [6.07, 6.45) is 4.45. The number of likely N-dealkylation sites (tertiary alicyclic amines) is 1. The highest BCUT2D eigenvalue weighted by molar-refractivity contribution is 8.02. The van der Waals surface area contributed by atoms with E-state index in [2.05, 4.69) is 13.2 Å². The summed E-state index contributed by atoms with van der Waals surface area (Å²) in [5, 5.41) is 12.8. The van der Waals surface area contributed by atoms with Gasteiger partial charge in [-0.15, -0.1) is 18.3 Å². The highest BCUT2D eigenvalue weighted by atomic mass is 32.2. The van der Waals surface area contributed by atoms with Crippen LogP contribution in [-0.4, -0.2) is 63.1 Å². The number of ether oxygens (including phenoxy) is 1. The first kappa shape index (κ1) is 29.2. The summed E-state index contributed by atoms with van der Waals surface area (Å²) in [5.74, 6) is -2.47. The lowest BCUT2D eigenvalue weighted by molar-refractivity contribution is -0.155. The van der Waals surface area contributed by atoms with E-state index in [0.717, 1.165) is 16.3 Å². The van der Waals surface area contributed by atoms with E-state index in [9.17, 15) is 14.7 Å². The monoisotopic (exact) mass is 596 g/mol. The van der Waals surface area contributed by atoms with Crippen LogP contribution in [0.1, 0.15) is 31.4 Å². The number of hydrogen-bond acceptors (Lipinski definition) is 6. The molecule has 3 aromatic carbocycles. The van der Waals surface area contributed by atoms with E-state index in [-0.39, 0.29) is 31.6 Å². The van der Waals surface area contributed by atoms with Crippen molar-refractivity contribution in [2.75, 3.05) is 24.7 Å². The Hall–Kier alpha value is -3.88. The summed E-state index contributed by atoms with van der Waals surface area (Å²) in [7, 11) is 0. The van der Waals surface area contributed by atoms with Crippen molar-refractivity contribution in [2.45, 2.75) is 41.3 Å². The number of fused-ring (bicyclic) bond motifs is 2. The molecule has 1 spiro atoms. The number of carbonyl (C=O) groups is 3. The molecule has 0 radical (unpaired) electrons. The Morgan fingerprint density at radius 1 is 1.07 bits per heavy atom. The Bertz CT molecular complexity index is 1590.